The van der Waals surface area contributed by atoms with Crippen LogP contribution in [0.2, 0.25) is 0 Å². The van der Waals surface area contributed by atoms with Crippen molar-refractivity contribution in [2.45, 2.75) is 19.6 Å². The summed E-state index contributed by atoms with van der Waals surface area (Å²) in [6, 6.07) is 0. The summed E-state index contributed by atoms with van der Waals surface area (Å²) in [6.07, 6.45) is 0. The highest BCUT2D eigenvalue weighted by Gasteiger charge is 2.10. The lowest BCUT2D eigenvalue weighted by Crippen LogP contribution is -2.36. The lowest BCUT2D eigenvalue weighted by Gasteiger charge is -2.20. The third-order valence-corrected chi connectivity index (χ3v) is 1.49. The molecule has 1 atom stereocenters. The Morgan fingerprint density at radius 3 is 2.00 bits per heavy atom. The molecular weight excluding hydrogens is 109 g/mol. The van der Waals surface area contributed by atoms with E-state index in [-0.39, 0.29) is 5.72 Å². The van der Waals surface area contributed by atoms with Gasteiger partial charge >= 0.3 is 0 Å². The Balaban J connectivity index is 3.36. The minimum absolute atomic E-state index is 0.204. The van der Waals surface area contributed by atoms with E-state index in [1.165, 1.54) is 0 Å². The Kier molecular flexibility index (Phi) is 2.74. The van der Waals surface area contributed by atoms with Crippen molar-refractivity contribution in [2.24, 2.45) is 0 Å². The molecule has 0 spiro atoms. The molecule has 44 valence electrons. The van der Waals surface area contributed by atoms with Gasteiger partial charge in [0.05, 0.1) is 0 Å². The third-order valence-electron chi connectivity index (χ3n) is 0.897. The predicted molar refractivity (Wildman–Crippen MR) is 33.9 cm³/mol. The Labute approximate surface area is 46.9 Å². The summed E-state index contributed by atoms with van der Waals surface area (Å²) in [5, 5.41) is 2.95. The highest BCUT2D eigenvalue weighted by Crippen LogP contribution is 2.06. The van der Waals surface area contributed by atoms with Gasteiger partial charge in [0.15, 0.2) is 0 Å². The molecule has 0 saturated heterocycles. The van der Waals surface area contributed by atoms with Gasteiger partial charge in [0.25, 0.3) is 0 Å². The maximum Gasteiger partial charge on any atom is 0.116 e. The topological polar surface area (TPSA) is 21.3 Å². The largest absolute Gasteiger partial charge is 0.345 e. The molecule has 3 heteroatoms. The van der Waals surface area contributed by atoms with Crippen molar-refractivity contribution < 1.29 is 4.52 Å². The first kappa shape index (κ1) is 7.35. The van der Waals surface area contributed by atoms with Crippen LogP contribution >= 0.6 is 9.47 Å². The normalized spacial score (nSPS) is 12.0. The van der Waals surface area contributed by atoms with E-state index in [9.17, 15) is 0 Å². The summed E-state index contributed by atoms with van der Waals surface area (Å²) in [5.74, 6) is 0. The molecule has 0 rings (SSSR count). The van der Waals surface area contributed by atoms with Gasteiger partial charge in [-0.05, 0) is 20.9 Å². The fraction of sp³-hybridized carbons (Fsp3) is 1.00. The fourth-order valence-electron chi connectivity index (χ4n) is 0.0589. The van der Waals surface area contributed by atoms with Gasteiger partial charge in [-0.15, -0.1) is 0 Å². The molecule has 0 aliphatic heterocycles. The zero-order valence-corrected chi connectivity index (χ0v) is 6.14. The number of nitrogens with one attached hydrogen (secondary N) is 1. The summed E-state index contributed by atoms with van der Waals surface area (Å²) < 4.78 is 4.89. The van der Waals surface area contributed by atoms with E-state index in [4.69, 9.17) is 4.52 Å². The van der Waals surface area contributed by atoms with Crippen molar-refractivity contribution in [3.63, 3.8) is 0 Å². The zero-order valence-electron chi connectivity index (χ0n) is 4.99. The molecule has 1 N–H and O–H groups in total. The van der Waals surface area contributed by atoms with Crippen molar-refractivity contribution in [3.05, 3.63) is 0 Å². The molecule has 0 aromatic rings. The van der Waals surface area contributed by atoms with E-state index in [2.05, 4.69) is 14.8 Å². The van der Waals surface area contributed by atoms with Crippen LogP contribution in [0.1, 0.15) is 13.8 Å². The van der Waals surface area contributed by atoms with E-state index < -0.39 is 0 Å². The van der Waals surface area contributed by atoms with E-state index in [0.29, 0.717) is 0 Å². The van der Waals surface area contributed by atoms with E-state index in [0.717, 1.165) is 0 Å². The Morgan fingerprint density at radius 2 is 2.00 bits per heavy atom. The van der Waals surface area contributed by atoms with E-state index in [1.807, 2.05) is 20.9 Å². The smallest absolute Gasteiger partial charge is 0.116 e. The first-order chi connectivity index (χ1) is 3.12. The number of hydrogen-bond donors (Lipinski definition) is 1. The van der Waals surface area contributed by atoms with Crippen LogP contribution in [0, 0.1) is 0 Å². The molecule has 2 nitrogen and oxygen atoms in total. The van der Waals surface area contributed by atoms with Gasteiger partial charge in [-0.25, -0.2) is 0 Å². The second kappa shape index (κ2) is 2.61. The maximum absolute atomic E-state index is 4.89. The molecule has 0 radical (unpaired) electrons. The number of rotatable bonds is 2. The van der Waals surface area contributed by atoms with Crippen LogP contribution < -0.4 is 5.32 Å². The van der Waals surface area contributed by atoms with Crippen LogP contribution in [-0.4, -0.2) is 12.8 Å². The van der Waals surface area contributed by atoms with Crippen LogP contribution in [0.15, 0.2) is 0 Å². The van der Waals surface area contributed by atoms with Gasteiger partial charge in [-0.1, -0.05) is 0 Å². The molecule has 0 aliphatic rings. The second-order valence-electron chi connectivity index (χ2n) is 1.88. The Morgan fingerprint density at radius 1 is 1.57 bits per heavy atom. The predicted octanol–water partition coefficient (Wildman–Crippen LogP) is 0.749. The van der Waals surface area contributed by atoms with Gasteiger partial charge in [0.2, 0.25) is 0 Å². The average Bonchev–Trinajstić information content (AvgIpc) is 1.68. The van der Waals surface area contributed by atoms with Crippen LogP contribution in [-0.2, 0) is 4.52 Å². The van der Waals surface area contributed by atoms with Gasteiger partial charge in [0.1, 0.15) is 5.72 Å². The second-order valence-corrected chi connectivity index (χ2v) is 2.11. The van der Waals surface area contributed by atoms with Crippen molar-refractivity contribution in [3.8, 4) is 0 Å². The Hall–Kier alpha value is 0.350. The fourth-order valence-corrected chi connectivity index (χ4v) is 0.177. The minimum Gasteiger partial charge on any atom is -0.345 e. The molecule has 1 unspecified atom stereocenters. The van der Waals surface area contributed by atoms with Crippen LogP contribution in [0.25, 0.3) is 0 Å². The van der Waals surface area contributed by atoms with Crippen LogP contribution in [0.3, 0.4) is 0 Å². The summed E-state index contributed by atoms with van der Waals surface area (Å²) in [4.78, 5) is 0. The molecule has 0 saturated carbocycles. The van der Waals surface area contributed by atoms with Gasteiger partial charge in [-0.3, -0.25) is 5.32 Å². The summed E-state index contributed by atoms with van der Waals surface area (Å²) in [7, 11) is 4.06. The van der Waals surface area contributed by atoms with E-state index >= 15 is 0 Å². The first-order valence-electron chi connectivity index (χ1n) is 2.19. The summed E-state index contributed by atoms with van der Waals surface area (Å²) in [6.45, 7) is 3.89. The molecule has 7 heavy (non-hydrogen) atoms. The SMILES string of the molecule is CNC(C)(C)OP. The lowest BCUT2D eigenvalue weighted by molar-refractivity contribution is 0.106. The molecule has 0 aromatic heterocycles. The summed E-state index contributed by atoms with van der Waals surface area (Å²) >= 11 is 0. The molecular formula is C4H12NOP. The zero-order chi connectivity index (χ0) is 5.91. The van der Waals surface area contributed by atoms with Gasteiger partial charge in [-0.2, -0.15) is 0 Å². The quantitative estimate of drug-likeness (QED) is 0.430. The molecule has 0 fully saturated rings. The van der Waals surface area contributed by atoms with Gasteiger partial charge < -0.3 is 4.52 Å². The molecule has 0 bridgehead atoms. The molecule has 0 aliphatic carbocycles. The van der Waals surface area contributed by atoms with Crippen LogP contribution in [0.4, 0.5) is 0 Å². The van der Waals surface area contributed by atoms with Crippen molar-refractivity contribution in [1.29, 1.82) is 0 Å². The Bertz CT molecular complexity index is 49.7. The van der Waals surface area contributed by atoms with Gasteiger partial charge in [0, 0.05) is 9.47 Å². The van der Waals surface area contributed by atoms with Crippen molar-refractivity contribution in [1.82, 2.24) is 5.32 Å². The molecule has 0 amide bonds. The minimum atomic E-state index is -0.204. The number of hydrogen-bond acceptors (Lipinski definition) is 2. The van der Waals surface area contributed by atoms with Crippen LogP contribution in [0.5, 0.6) is 0 Å². The highest BCUT2D eigenvalue weighted by atomic mass is 31.0. The van der Waals surface area contributed by atoms with Crippen molar-refractivity contribution in [2.75, 3.05) is 7.05 Å². The standard InChI is InChI=1S/C4H12NOP/c1-4(2,5-3)6-7/h5H,7H2,1-3H3. The third kappa shape index (κ3) is 2.98. The van der Waals surface area contributed by atoms with E-state index in [1.54, 1.807) is 0 Å². The monoisotopic (exact) mass is 121 g/mol. The van der Waals surface area contributed by atoms with Crippen molar-refractivity contribution >= 4 is 9.47 Å². The maximum atomic E-state index is 4.89. The molecule has 0 aromatic carbocycles. The molecule has 0 heterocycles. The summed E-state index contributed by atoms with van der Waals surface area (Å²) in [5.41, 5.74) is -0.204. The first-order valence-corrected chi connectivity index (χ1v) is 2.66. The highest BCUT2D eigenvalue weighted by molar-refractivity contribution is 7.09. The average molecular weight is 121 g/mol. The lowest BCUT2D eigenvalue weighted by atomic mass is 10.3.